The van der Waals surface area contributed by atoms with E-state index < -0.39 is 0 Å². The van der Waals surface area contributed by atoms with E-state index >= 15 is 0 Å². The summed E-state index contributed by atoms with van der Waals surface area (Å²) in [4.78, 5) is 7.24. The quantitative estimate of drug-likeness (QED) is 0.441. The molecule has 0 spiro atoms. The smallest absolute Gasteiger partial charge is 0.201 e. The molecule has 3 aliphatic rings. The average Bonchev–Trinajstić information content (AvgIpc) is 3.41. The molecule has 1 aromatic heterocycles. The summed E-state index contributed by atoms with van der Waals surface area (Å²) in [7, 11) is 0. The molecule has 0 unspecified atom stereocenters. The van der Waals surface area contributed by atoms with Crippen LogP contribution >= 0.6 is 0 Å². The minimum absolute atomic E-state index is 0.290. The van der Waals surface area contributed by atoms with Gasteiger partial charge in [0.1, 0.15) is 18.2 Å². The first-order valence-corrected chi connectivity index (χ1v) is 12.5. The molecule has 3 aromatic carbocycles. The molecule has 4 aromatic rings. The molecule has 4 heterocycles. The van der Waals surface area contributed by atoms with Gasteiger partial charge in [0, 0.05) is 30.8 Å². The van der Waals surface area contributed by atoms with Crippen molar-refractivity contribution in [3.05, 3.63) is 88.7 Å². The number of anilines is 1. The molecule has 2 N–H and O–H groups in total. The maximum atomic E-state index is 14.0. The Morgan fingerprint density at radius 3 is 2.86 bits per heavy atom. The molecule has 182 valence electrons. The molecule has 0 radical (unpaired) electrons. The Balaban J connectivity index is 1.31. The summed E-state index contributed by atoms with van der Waals surface area (Å²) < 4.78 is 27.9. The van der Waals surface area contributed by atoms with Crippen molar-refractivity contribution in [2.45, 2.75) is 25.1 Å². The fraction of sp³-hybridized carbons (Fsp3) is 0.276. The van der Waals surface area contributed by atoms with Crippen molar-refractivity contribution in [3.8, 4) is 5.75 Å². The molecule has 7 rings (SSSR count). The molecule has 3 aliphatic heterocycles. The lowest BCUT2D eigenvalue weighted by Crippen LogP contribution is -2.40. The zero-order valence-corrected chi connectivity index (χ0v) is 19.9. The van der Waals surface area contributed by atoms with Crippen molar-refractivity contribution in [2.24, 2.45) is 0 Å². The summed E-state index contributed by atoms with van der Waals surface area (Å²) in [5, 5.41) is 0. The highest BCUT2D eigenvalue weighted by atomic mass is 19.1. The van der Waals surface area contributed by atoms with Crippen LogP contribution in [0.15, 0.2) is 60.7 Å². The Hall–Kier alpha value is -3.68. The number of nitrogens with zero attached hydrogens (tertiary/aromatic N) is 3. The van der Waals surface area contributed by atoms with Gasteiger partial charge in [0.05, 0.1) is 30.3 Å². The largest absolute Gasteiger partial charge is 0.488 e. The number of hydrogen-bond donors (Lipinski definition) is 1. The van der Waals surface area contributed by atoms with Gasteiger partial charge in [-0.15, -0.1) is 0 Å². The fourth-order valence-electron chi connectivity index (χ4n) is 5.97. The van der Waals surface area contributed by atoms with Gasteiger partial charge < -0.3 is 19.8 Å². The predicted octanol–water partition coefficient (Wildman–Crippen LogP) is 4.88. The summed E-state index contributed by atoms with van der Waals surface area (Å²) in [5.74, 6) is 0.791. The summed E-state index contributed by atoms with van der Waals surface area (Å²) >= 11 is 0. The highest BCUT2D eigenvalue weighted by Crippen LogP contribution is 2.39. The zero-order chi connectivity index (χ0) is 24.2. The number of morpholine rings is 1. The molecule has 0 bridgehead atoms. The Morgan fingerprint density at radius 2 is 1.94 bits per heavy atom. The molecule has 0 amide bonds. The minimum Gasteiger partial charge on any atom is -0.488 e. The Bertz CT molecular complexity index is 1500. The number of hydrogen-bond acceptors (Lipinski definition) is 5. The SMILES string of the molecule is Nc1nc2cc(/C=C3\c4ccccc4COc4cc(F)ccc43)ccc2n1[C@H]1C[C@@H]2COCCN2C1. The molecular formula is C29H27FN4O2. The first-order chi connectivity index (χ1) is 17.6. The molecule has 0 aliphatic carbocycles. The highest BCUT2D eigenvalue weighted by molar-refractivity contribution is 5.96. The van der Waals surface area contributed by atoms with Crippen LogP contribution in [0.3, 0.4) is 0 Å². The first-order valence-electron chi connectivity index (χ1n) is 12.5. The third kappa shape index (κ3) is 3.58. The molecule has 36 heavy (non-hydrogen) atoms. The van der Waals surface area contributed by atoms with E-state index in [0.717, 1.165) is 71.6 Å². The highest BCUT2D eigenvalue weighted by Gasteiger charge is 2.36. The number of ether oxygens (including phenoxy) is 2. The van der Waals surface area contributed by atoms with E-state index in [0.29, 0.717) is 30.4 Å². The van der Waals surface area contributed by atoms with Crippen molar-refractivity contribution in [1.29, 1.82) is 0 Å². The Labute approximate surface area is 208 Å². The van der Waals surface area contributed by atoms with Crippen LogP contribution in [0.2, 0.25) is 0 Å². The van der Waals surface area contributed by atoms with Crippen LogP contribution < -0.4 is 10.5 Å². The second-order valence-electron chi connectivity index (χ2n) is 9.85. The number of nitrogens with two attached hydrogens (primary N) is 1. The topological polar surface area (TPSA) is 65.5 Å². The van der Waals surface area contributed by atoms with E-state index in [1.54, 1.807) is 6.07 Å². The van der Waals surface area contributed by atoms with E-state index in [4.69, 9.17) is 20.2 Å². The Morgan fingerprint density at radius 1 is 1.03 bits per heavy atom. The summed E-state index contributed by atoms with van der Waals surface area (Å²) in [6.45, 7) is 3.93. The summed E-state index contributed by atoms with van der Waals surface area (Å²) in [6, 6.07) is 19.9. The number of rotatable bonds is 2. The van der Waals surface area contributed by atoms with Gasteiger partial charge in [-0.25, -0.2) is 9.37 Å². The Kier molecular flexibility index (Phi) is 5.08. The van der Waals surface area contributed by atoms with Crippen molar-refractivity contribution >= 4 is 28.6 Å². The number of imidazole rings is 1. The predicted molar refractivity (Wildman–Crippen MR) is 138 cm³/mol. The lowest BCUT2D eigenvalue weighted by atomic mass is 9.92. The van der Waals surface area contributed by atoms with Gasteiger partial charge >= 0.3 is 0 Å². The lowest BCUT2D eigenvalue weighted by molar-refractivity contribution is 0.0128. The van der Waals surface area contributed by atoms with Gasteiger partial charge in [-0.05, 0) is 59.0 Å². The molecular weight excluding hydrogens is 455 g/mol. The van der Waals surface area contributed by atoms with Crippen LogP contribution in [-0.4, -0.2) is 46.8 Å². The minimum atomic E-state index is -0.309. The van der Waals surface area contributed by atoms with Gasteiger partial charge in [0.25, 0.3) is 0 Å². The van der Waals surface area contributed by atoms with E-state index in [1.165, 1.54) is 12.1 Å². The molecule has 2 fully saturated rings. The molecule has 7 heteroatoms. The summed E-state index contributed by atoms with van der Waals surface area (Å²) in [5.41, 5.74) is 13.4. The maximum absolute atomic E-state index is 14.0. The van der Waals surface area contributed by atoms with Gasteiger partial charge in [-0.2, -0.15) is 0 Å². The fourth-order valence-corrected chi connectivity index (χ4v) is 5.97. The molecule has 0 saturated carbocycles. The van der Waals surface area contributed by atoms with E-state index in [-0.39, 0.29) is 5.82 Å². The van der Waals surface area contributed by atoms with Crippen LogP contribution in [0.25, 0.3) is 22.7 Å². The number of halogens is 1. The molecule has 2 atom stereocenters. The second-order valence-corrected chi connectivity index (χ2v) is 9.85. The monoisotopic (exact) mass is 482 g/mol. The first kappa shape index (κ1) is 21.6. The van der Waals surface area contributed by atoms with E-state index in [9.17, 15) is 4.39 Å². The van der Waals surface area contributed by atoms with Crippen LogP contribution in [0.5, 0.6) is 5.75 Å². The van der Waals surface area contributed by atoms with E-state index in [1.807, 2.05) is 12.1 Å². The number of aromatic nitrogens is 2. The van der Waals surface area contributed by atoms with Crippen LogP contribution in [-0.2, 0) is 11.3 Å². The molecule has 2 saturated heterocycles. The zero-order valence-electron chi connectivity index (χ0n) is 19.9. The maximum Gasteiger partial charge on any atom is 0.201 e. The van der Waals surface area contributed by atoms with Crippen LogP contribution in [0.1, 0.15) is 34.7 Å². The van der Waals surface area contributed by atoms with Crippen molar-refractivity contribution in [3.63, 3.8) is 0 Å². The van der Waals surface area contributed by atoms with Gasteiger partial charge in [-0.1, -0.05) is 30.3 Å². The number of benzene rings is 3. The van der Waals surface area contributed by atoms with E-state index in [2.05, 4.69) is 45.9 Å². The van der Waals surface area contributed by atoms with Gasteiger partial charge in [0.2, 0.25) is 5.95 Å². The molecule has 6 nitrogen and oxygen atoms in total. The van der Waals surface area contributed by atoms with Crippen LogP contribution in [0, 0.1) is 5.82 Å². The van der Waals surface area contributed by atoms with Gasteiger partial charge in [0.15, 0.2) is 0 Å². The van der Waals surface area contributed by atoms with Crippen molar-refractivity contribution in [1.82, 2.24) is 14.5 Å². The lowest BCUT2D eigenvalue weighted by Gasteiger charge is -2.28. The number of nitrogen functional groups attached to an aromatic ring is 1. The summed E-state index contributed by atoms with van der Waals surface area (Å²) in [6.07, 6.45) is 3.15. The third-order valence-electron chi connectivity index (χ3n) is 7.68. The van der Waals surface area contributed by atoms with Gasteiger partial charge in [-0.3, -0.25) is 4.90 Å². The standard InChI is InChI=1S/C29H27FN4O2/c30-20-6-7-24-25(23-4-2-1-3-19(23)16-36-28(24)13-20)11-18-5-8-27-26(12-18)32-29(31)34(27)21-14-22-17-35-10-9-33(22)15-21/h1-8,11-13,21-22H,9-10,14-17H2,(H2,31,32)/b25-11+/t21-,22+/m0/s1. The third-order valence-corrected chi connectivity index (χ3v) is 7.68. The van der Waals surface area contributed by atoms with Crippen molar-refractivity contribution < 1.29 is 13.9 Å². The average molecular weight is 483 g/mol. The van der Waals surface area contributed by atoms with Crippen molar-refractivity contribution in [2.75, 3.05) is 32.0 Å². The number of fused-ring (bicyclic) bond motifs is 4. The van der Waals surface area contributed by atoms with Crippen LogP contribution in [0.4, 0.5) is 10.3 Å². The second kappa shape index (κ2) is 8.47. The normalized spacial score (nSPS) is 22.6.